The van der Waals surface area contributed by atoms with Crippen molar-refractivity contribution in [1.29, 1.82) is 0 Å². The number of anilines is 1. The molecule has 0 aliphatic heterocycles. The van der Waals surface area contributed by atoms with E-state index in [2.05, 4.69) is 20.1 Å². The summed E-state index contributed by atoms with van der Waals surface area (Å²) < 4.78 is 40.3. The predicted molar refractivity (Wildman–Crippen MR) is 124 cm³/mol. The van der Waals surface area contributed by atoms with E-state index in [0.29, 0.717) is 23.7 Å². The molecule has 4 rings (SSSR count). The monoisotopic (exact) mass is 452 g/mol. The van der Waals surface area contributed by atoms with Crippen LogP contribution in [-0.4, -0.2) is 28.5 Å². The van der Waals surface area contributed by atoms with Crippen LogP contribution in [0.25, 0.3) is 16.5 Å². The number of ether oxygens (including phenoxy) is 2. The van der Waals surface area contributed by atoms with E-state index in [1.54, 1.807) is 7.11 Å². The van der Waals surface area contributed by atoms with E-state index >= 15 is 0 Å². The summed E-state index contributed by atoms with van der Waals surface area (Å²) in [5.41, 5.74) is 4.22. The lowest BCUT2D eigenvalue weighted by Crippen LogP contribution is -2.05. The number of aryl methyl sites for hydroxylation is 3. The second kappa shape index (κ2) is 9.05. The SMILES string of the molecule is CCOc1ccc(-n2c(C)c3c(C)nnc(NCc4ccc(F)c(F)c4)c3c2C)c(OC)c1. The number of aromatic nitrogens is 3. The van der Waals surface area contributed by atoms with Crippen molar-refractivity contribution in [3.8, 4) is 17.2 Å². The van der Waals surface area contributed by atoms with Crippen LogP contribution in [0.1, 0.15) is 29.6 Å². The van der Waals surface area contributed by atoms with Crippen LogP contribution in [0.2, 0.25) is 0 Å². The molecule has 0 unspecified atom stereocenters. The highest BCUT2D eigenvalue weighted by atomic mass is 19.2. The highest BCUT2D eigenvalue weighted by Crippen LogP contribution is 2.37. The summed E-state index contributed by atoms with van der Waals surface area (Å²) in [4.78, 5) is 0. The van der Waals surface area contributed by atoms with Crippen LogP contribution < -0.4 is 14.8 Å². The van der Waals surface area contributed by atoms with E-state index in [1.165, 1.54) is 12.1 Å². The van der Waals surface area contributed by atoms with Gasteiger partial charge in [0, 0.05) is 34.8 Å². The maximum absolute atomic E-state index is 13.6. The summed E-state index contributed by atoms with van der Waals surface area (Å²) >= 11 is 0. The molecule has 6 nitrogen and oxygen atoms in total. The van der Waals surface area contributed by atoms with E-state index in [0.717, 1.165) is 45.4 Å². The molecule has 0 radical (unpaired) electrons. The van der Waals surface area contributed by atoms with Crippen LogP contribution in [0, 0.1) is 32.4 Å². The molecular weight excluding hydrogens is 426 g/mol. The average molecular weight is 453 g/mol. The first kappa shape index (κ1) is 22.5. The van der Waals surface area contributed by atoms with E-state index < -0.39 is 11.6 Å². The van der Waals surface area contributed by atoms with Crippen molar-refractivity contribution >= 4 is 16.6 Å². The average Bonchev–Trinajstić information content (AvgIpc) is 3.07. The Hall–Kier alpha value is -3.68. The van der Waals surface area contributed by atoms with Gasteiger partial charge in [0.1, 0.15) is 11.5 Å². The van der Waals surface area contributed by atoms with Gasteiger partial charge in [0.2, 0.25) is 0 Å². The molecule has 0 saturated heterocycles. The molecule has 172 valence electrons. The summed E-state index contributed by atoms with van der Waals surface area (Å²) in [7, 11) is 1.63. The Kier molecular flexibility index (Phi) is 6.18. The molecule has 0 bridgehead atoms. The summed E-state index contributed by atoms with van der Waals surface area (Å²) in [5.74, 6) is 0.241. The van der Waals surface area contributed by atoms with Gasteiger partial charge >= 0.3 is 0 Å². The van der Waals surface area contributed by atoms with Crippen LogP contribution >= 0.6 is 0 Å². The summed E-state index contributed by atoms with van der Waals surface area (Å²) in [5, 5.41) is 13.8. The number of benzene rings is 2. The largest absolute Gasteiger partial charge is 0.494 e. The molecule has 0 spiro atoms. The zero-order valence-electron chi connectivity index (χ0n) is 19.3. The summed E-state index contributed by atoms with van der Waals surface area (Å²) in [6.45, 7) is 8.73. The Labute approximate surface area is 191 Å². The van der Waals surface area contributed by atoms with E-state index in [-0.39, 0.29) is 6.54 Å². The van der Waals surface area contributed by atoms with Gasteiger partial charge < -0.3 is 19.4 Å². The first-order valence-corrected chi connectivity index (χ1v) is 10.7. The quantitative estimate of drug-likeness (QED) is 0.393. The maximum Gasteiger partial charge on any atom is 0.159 e. The molecule has 2 heterocycles. The fourth-order valence-corrected chi connectivity index (χ4v) is 4.21. The Morgan fingerprint density at radius 1 is 0.939 bits per heavy atom. The minimum atomic E-state index is -0.879. The third kappa shape index (κ3) is 4.08. The molecule has 33 heavy (non-hydrogen) atoms. The first-order chi connectivity index (χ1) is 15.8. The Morgan fingerprint density at radius 2 is 1.70 bits per heavy atom. The third-order valence-electron chi connectivity index (χ3n) is 5.69. The molecule has 1 N–H and O–H groups in total. The van der Waals surface area contributed by atoms with Gasteiger partial charge in [-0.15, -0.1) is 5.10 Å². The van der Waals surface area contributed by atoms with Gasteiger partial charge in [-0.25, -0.2) is 8.78 Å². The van der Waals surface area contributed by atoms with E-state index in [4.69, 9.17) is 9.47 Å². The van der Waals surface area contributed by atoms with Crippen molar-refractivity contribution in [2.45, 2.75) is 34.2 Å². The molecule has 4 aromatic rings. The van der Waals surface area contributed by atoms with Gasteiger partial charge in [0.15, 0.2) is 17.5 Å². The van der Waals surface area contributed by atoms with Crippen LogP contribution in [-0.2, 0) is 6.54 Å². The number of rotatable bonds is 7. The fourth-order valence-electron chi connectivity index (χ4n) is 4.21. The van der Waals surface area contributed by atoms with Crippen LogP contribution in [0.5, 0.6) is 11.5 Å². The summed E-state index contributed by atoms with van der Waals surface area (Å²) in [6.07, 6.45) is 0. The van der Waals surface area contributed by atoms with Crippen molar-refractivity contribution in [2.24, 2.45) is 0 Å². The number of nitrogens with one attached hydrogen (secondary N) is 1. The minimum absolute atomic E-state index is 0.278. The zero-order chi connectivity index (χ0) is 23.7. The van der Waals surface area contributed by atoms with Crippen molar-refractivity contribution < 1.29 is 18.3 Å². The second-order valence-corrected chi connectivity index (χ2v) is 7.76. The van der Waals surface area contributed by atoms with Crippen LogP contribution in [0.15, 0.2) is 36.4 Å². The van der Waals surface area contributed by atoms with Gasteiger partial charge in [0.25, 0.3) is 0 Å². The van der Waals surface area contributed by atoms with Gasteiger partial charge in [-0.1, -0.05) is 6.07 Å². The third-order valence-corrected chi connectivity index (χ3v) is 5.69. The predicted octanol–water partition coefficient (Wildman–Crippen LogP) is 5.64. The Morgan fingerprint density at radius 3 is 2.39 bits per heavy atom. The number of hydrogen-bond donors (Lipinski definition) is 1. The molecule has 0 fully saturated rings. The molecule has 0 amide bonds. The number of halogens is 2. The van der Waals surface area contributed by atoms with Crippen molar-refractivity contribution in [3.63, 3.8) is 0 Å². The van der Waals surface area contributed by atoms with Crippen LogP contribution in [0.4, 0.5) is 14.6 Å². The summed E-state index contributed by atoms with van der Waals surface area (Å²) in [6, 6.07) is 9.58. The number of methoxy groups -OCH3 is 1. The van der Waals surface area contributed by atoms with Crippen molar-refractivity contribution in [2.75, 3.05) is 19.0 Å². The van der Waals surface area contributed by atoms with Gasteiger partial charge in [0.05, 0.1) is 25.1 Å². The normalized spacial score (nSPS) is 11.1. The second-order valence-electron chi connectivity index (χ2n) is 7.76. The fraction of sp³-hybridized carbons (Fsp3) is 0.280. The van der Waals surface area contributed by atoms with E-state index in [9.17, 15) is 8.78 Å². The molecule has 0 atom stereocenters. The standard InChI is InChI=1S/C25H26F2N4O2/c1-6-33-18-8-10-21(22(12-18)32-5)31-15(3)23-14(2)29-30-25(24(23)16(31)4)28-13-17-7-9-19(26)20(27)11-17/h7-12H,6,13H2,1-5H3,(H,28,30). The van der Waals surface area contributed by atoms with Gasteiger partial charge in [-0.2, -0.15) is 5.10 Å². The lowest BCUT2D eigenvalue weighted by atomic mass is 10.1. The molecule has 2 aromatic carbocycles. The molecule has 8 heteroatoms. The highest BCUT2D eigenvalue weighted by Gasteiger charge is 2.21. The minimum Gasteiger partial charge on any atom is -0.494 e. The van der Waals surface area contributed by atoms with Crippen molar-refractivity contribution in [3.05, 3.63) is 70.7 Å². The molecule has 0 aliphatic rings. The molecule has 0 saturated carbocycles. The Bertz CT molecular complexity index is 1330. The number of hydrogen-bond acceptors (Lipinski definition) is 5. The van der Waals surface area contributed by atoms with Gasteiger partial charge in [-0.3, -0.25) is 0 Å². The highest BCUT2D eigenvalue weighted by molar-refractivity contribution is 5.98. The number of nitrogens with zero attached hydrogens (tertiary/aromatic N) is 3. The van der Waals surface area contributed by atoms with E-state index in [1.807, 2.05) is 45.9 Å². The lowest BCUT2D eigenvalue weighted by molar-refractivity contribution is 0.336. The van der Waals surface area contributed by atoms with Crippen LogP contribution in [0.3, 0.4) is 0 Å². The maximum atomic E-state index is 13.6. The first-order valence-electron chi connectivity index (χ1n) is 10.7. The lowest BCUT2D eigenvalue weighted by Gasteiger charge is -2.15. The molecule has 2 aromatic heterocycles. The zero-order valence-corrected chi connectivity index (χ0v) is 19.3. The van der Waals surface area contributed by atoms with Gasteiger partial charge in [-0.05, 0) is 57.5 Å². The van der Waals surface area contributed by atoms with Crippen molar-refractivity contribution in [1.82, 2.24) is 14.8 Å². The number of fused-ring (bicyclic) bond motifs is 1. The molecule has 0 aliphatic carbocycles. The molecular formula is C25H26F2N4O2. The smallest absolute Gasteiger partial charge is 0.159 e. The topological polar surface area (TPSA) is 61.2 Å². The Balaban J connectivity index is 1.81.